The van der Waals surface area contributed by atoms with Gasteiger partial charge in [-0.05, 0) is 35.0 Å². The van der Waals surface area contributed by atoms with Crippen molar-refractivity contribution in [2.45, 2.75) is 0 Å². The second-order valence-corrected chi connectivity index (χ2v) is 5.81. The Hall–Kier alpha value is -3.80. The van der Waals surface area contributed by atoms with Gasteiger partial charge in [0.25, 0.3) is 5.89 Å². The highest BCUT2D eigenvalue weighted by molar-refractivity contribution is 6.06. The Balaban J connectivity index is 1.72. The van der Waals surface area contributed by atoms with Crippen LogP contribution in [0.25, 0.3) is 44.6 Å². The van der Waals surface area contributed by atoms with Crippen molar-refractivity contribution in [2.75, 3.05) is 0 Å². The molecule has 0 saturated carbocycles. The molecule has 0 spiro atoms. The van der Waals surface area contributed by atoms with Gasteiger partial charge in [-0.3, -0.25) is 4.98 Å². The first-order valence-corrected chi connectivity index (χ1v) is 8.00. The molecule has 5 rings (SSSR count). The Bertz CT molecular complexity index is 1310. The minimum absolute atomic E-state index is 0.118. The molecule has 124 valence electrons. The standard InChI is InChI=1S/C20H11N3O3/c24-20-16(19-22-18(23-26-19)13-5-3-9-21-11-13)10-15-14-6-2-1-4-12(14)7-8-17(15)25-20/h1-11H. The lowest BCUT2D eigenvalue weighted by Crippen LogP contribution is -2.03. The summed E-state index contributed by atoms with van der Waals surface area (Å²) < 4.78 is 10.8. The summed E-state index contributed by atoms with van der Waals surface area (Å²) in [6, 6.07) is 16.9. The molecule has 6 nitrogen and oxygen atoms in total. The summed E-state index contributed by atoms with van der Waals surface area (Å²) in [7, 11) is 0. The molecule has 2 aromatic carbocycles. The normalized spacial score (nSPS) is 11.2. The zero-order valence-corrected chi connectivity index (χ0v) is 13.4. The van der Waals surface area contributed by atoms with Gasteiger partial charge in [-0.1, -0.05) is 35.5 Å². The molecule has 3 aromatic heterocycles. The van der Waals surface area contributed by atoms with Crippen molar-refractivity contribution in [1.82, 2.24) is 15.1 Å². The van der Waals surface area contributed by atoms with Crippen LogP contribution in [0.15, 0.2) is 80.7 Å². The zero-order valence-electron chi connectivity index (χ0n) is 13.4. The number of hydrogen-bond acceptors (Lipinski definition) is 6. The maximum atomic E-state index is 12.4. The molecule has 3 heterocycles. The average molecular weight is 341 g/mol. The fourth-order valence-electron chi connectivity index (χ4n) is 2.97. The highest BCUT2D eigenvalue weighted by Crippen LogP contribution is 2.28. The monoisotopic (exact) mass is 341 g/mol. The third-order valence-corrected chi connectivity index (χ3v) is 4.22. The number of hydrogen-bond donors (Lipinski definition) is 0. The Labute approximate surface area is 146 Å². The number of aromatic nitrogens is 3. The van der Waals surface area contributed by atoms with Gasteiger partial charge in [0.1, 0.15) is 11.1 Å². The number of benzene rings is 2. The van der Waals surface area contributed by atoms with Crippen molar-refractivity contribution >= 4 is 21.7 Å². The Morgan fingerprint density at radius 1 is 0.923 bits per heavy atom. The predicted molar refractivity (Wildman–Crippen MR) is 96.5 cm³/mol. The van der Waals surface area contributed by atoms with Gasteiger partial charge in [-0.25, -0.2) is 4.79 Å². The van der Waals surface area contributed by atoms with Crippen LogP contribution in [0.3, 0.4) is 0 Å². The summed E-state index contributed by atoms with van der Waals surface area (Å²) in [4.78, 5) is 20.8. The summed E-state index contributed by atoms with van der Waals surface area (Å²) >= 11 is 0. The van der Waals surface area contributed by atoms with E-state index in [-0.39, 0.29) is 11.5 Å². The Morgan fingerprint density at radius 3 is 2.73 bits per heavy atom. The molecule has 0 N–H and O–H groups in total. The Morgan fingerprint density at radius 2 is 1.85 bits per heavy atom. The topological polar surface area (TPSA) is 82.0 Å². The molecule has 0 aliphatic carbocycles. The minimum atomic E-state index is -0.519. The van der Waals surface area contributed by atoms with Gasteiger partial charge in [0.15, 0.2) is 0 Å². The minimum Gasteiger partial charge on any atom is -0.422 e. The number of fused-ring (bicyclic) bond motifs is 3. The van der Waals surface area contributed by atoms with Crippen LogP contribution < -0.4 is 5.63 Å². The van der Waals surface area contributed by atoms with Gasteiger partial charge in [0.2, 0.25) is 5.82 Å². The molecule has 0 aliphatic rings. The van der Waals surface area contributed by atoms with Crippen molar-refractivity contribution in [1.29, 1.82) is 0 Å². The molecular formula is C20H11N3O3. The lowest BCUT2D eigenvalue weighted by atomic mass is 10.0. The van der Waals surface area contributed by atoms with E-state index in [1.54, 1.807) is 30.6 Å². The quantitative estimate of drug-likeness (QED) is 0.356. The maximum absolute atomic E-state index is 12.4. The van der Waals surface area contributed by atoms with Crippen LogP contribution in [0.2, 0.25) is 0 Å². The fraction of sp³-hybridized carbons (Fsp3) is 0. The number of pyridine rings is 1. The van der Waals surface area contributed by atoms with Gasteiger partial charge >= 0.3 is 5.63 Å². The predicted octanol–water partition coefficient (Wildman–Crippen LogP) is 4.06. The molecule has 6 heteroatoms. The van der Waals surface area contributed by atoms with Crippen LogP contribution >= 0.6 is 0 Å². The first-order valence-electron chi connectivity index (χ1n) is 8.00. The van der Waals surface area contributed by atoms with E-state index >= 15 is 0 Å². The summed E-state index contributed by atoms with van der Waals surface area (Å²) in [5.74, 6) is 0.484. The molecule has 0 amide bonds. The van der Waals surface area contributed by atoms with Crippen LogP contribution in [-0.2, 0) is 0 Å². The van der Waals surface area contributed by atoms with Crippen molar-refractivity contribution in [2.24, 2.45) is 0 Å². The van der Waals surface area contributed by atoms with Gasteiger partial charge in [0.05, 0.1) is 0 Å². The molecule has 0 atom stereocenters. The third-order valence-electron chi connectivity index (χ3n) is 4.22. The lowest BCUT2D eigenvalue weighted by Gasteiger charge is -2.03. The van der Waals surface area contributed by atoms with Crippen LogP contribution in [0.1, 0.15) is 0 Å². The van der Waals surface area contributed by atoms with E-state index in [1.807, 2.05) is 36.4 Å². The van der Waals surface area contributed by atoms with Crippen molar-refractivity contribution < 1.29 is 8.94 Å². The first kappa shape index (κ1) is 14.5. The molecule has 0 unspecified atom stereocenters. The first-order chi connectivity index (χ1) is 12.8. The Kier molecular flexibility index (Phi) is 3.15. The number of nitrogens with zero attached hydrogens (tertiary/aromatic N) is 3. The van der Waals surface area contributed by atoms with Crippen LogP contribution in [0, 0.1) is 0 Å². The zero-order chi connectivity index (χ0) is 17.5. The van der Waals surface area contributed by atoms with Crippen molar-refractivity contribution in [3.05, 3.63) is 77.4 Å². The molecular weight excluding hydrogens is 330 g/mol. The molecule has 26 heavy (non-hydrogen) atoms. The third kappa shape index (κ3) is 2.28. The van der Waals surface area contributed by atoms with E-state index in [4.69, 9.17) is 8.94 Å². The average Bonchev–Trinajstić information content (AvgIpc) is 3.18. The van der Waals surface area contributed by atoms with Crippen LogP contribution in [0.5, 0.6) is 0 Å². The van der Waals surface area contributed by atoms with Crippen molar-refractivity contribution in [3.63, 3.8) is 0 Å². The SMILES string of the molecule is O=c1oc2ccc3ccccc3c2cc1-c1nc(-c2cccnc2)no1. The van der Waals surface area contributed by atoms with E-state index in [2.05, 4.69) is 15.1 Å². The second kappa shape index (κ2) is 5.63. The van der Waals surface area contributed by atoms with E-state index in [0.717, 1.165) is 16.2 Å². The van der Waals surface area contributed by atoms with E-state index < -0.39 is 5.63 Å². The van der Waals surface area contributed by atoms with Gasteiger partial charge in [0, 0.05) is 23.3 Å². The molecule has 0 fully saturated rings. The molecule has 0 radical (unpaired) electrons. The smallest absolute Gasteiger partial charge is 0.349 e. The van der Waals surface area contributed by atoms with Gasteiger partial charge < -0.3 is 8.94 Å². The maximum Gasteiger partial charge on any atom is 0.349 e. The summed E-state index contributed by atoms with van der Waals surface area (Å²) in [5, 5.41) is 6.80. The van der Waals surface area contributed by atoms with E-state index in [1.165, 1.54) is 0 Å². The lowest BCUT2D eigenvalue weighted by molar-refractivity contribution is 0.429. The molecule has 0 saturated heterocycles. The van der Waals surface area contributed by atoms with E-state index in [9.17, 15) is 4.79 Å². The summed E-state index contributed by atoms with van der Waals surface area (Å²) in [6.45, 7) is 0. The van der Waals surface area contributed by atoms with E-state index in [0.29, 0.717) is 17.0 Å². The molecule has 0 aliphatic heterocycles. The molecule has 5 aromatic rings. The summed E-state index contributed by atoms with van der Waals surface area (Å²) in [5.41, 5.74) is 0.938. The highest BCUT2D eigenvalue weighted by Gasteiger charge is 2.17. The van der Waals surface area contributed by atoms with Crippen molar-refractivity contribution in [3.8, 4) is 22.8 Å². The summed E-state index contributed by atoms with van der Waals surface area (Å²) in [6.07, 6.45) is 3.29. The molecule has 0 bridgehead atoms. The fourth-order valence-corrected chi connectivity index (χ4v) is 2.97. The number of rotatable bonds is 2. The largest absolute Gasteiger partial charge is 0.422 e. The van der Waals surface area contributed by atoms with Gasteiger partial charge in [-0.15, -0.1) is 0 Å². The van der Waals surface area contributed by atoms with Crippen LogP contribution in [0.4, 0.5) is 0 Å². The van der Waals surface area contributed by atoms with Gasteiger partial charge in [-0.2, -0.15) is 4.98 Å². The second-order valence-electron chi connectivity index (χ2n) is 5.81. The van der Waals surface area contributed by atoms with Crippen LogP contribution in [-0.4, -0.2) is 15.1 Å². The highest BCUT2D eigenvalue weighted by atomic mass is 16.5.